The summed E-state index contributed by atoms with van der Waals surface area (Å²) in [6.45, 7) is 0. The topological polar surface area (TPSA) is 75.3 Å². The molecule has 2 aromatic rings. The van der Waals surface area contributed by atoms with E-state index in [2.05, 4.69) is 10.0 Å². The van der Waals surface area contributed by atoms with E-state index < -0.39 is 10.0 Å². The first-order valence-electron chi connectivity index (χ1n) is 6.55. The summed E-state index contributed by atoms with van der Waals surface area (Å²) < 4.78 is 27.0. The second-order valence-corrected chi connectivity index (χ2v) is 6.52. The molecule has 0 saturated heterocycles. The second kappa shape index (κ2) is 5.21. The van der Waals surface area contributed by atoms with Crippen LogP contribution in [-0.4, -0.2) is 14.3 Å². The highest BCUT2D eigenvalue weighted by molar-refractivity contribution is 7.92. The average Bonchev–Trinajstić information content (AvgIpc) is 2.48. The van der Waals surface area contributed by atoms with Crippen molar-refractivity contribution >= 4 is 27.3 Å². The molecule has 0 radical (unpaired) electrons. The molecule has 0 fully saturated rings. The van der Waals surface area contributed by atoms with E-state index in [0.717, 1.165) is 11.3 Å². The van der Waals surface area contributed by atoms with E-state index in [0.29, 0.717) is 18.5 Å². The predicted octanol–water partition coefficient (Wildman–Crippen LogP) is 2.37. The molecule has 6 heteroatoms. The molecule has 2 N–H and O–H groups in total. The lowest BCUT2D eigenvalue weighted by molar-refractivity contribution is -0.116. The molecule has 1 heterocycles. The minimum atomic E-state index is -3.59. The smallest absolute Gasteiger partial charge is 0.261 e. The van der Waals surface area contributed by atoms with Crippen molar-refractivity contribution in [2.24, 2.45) is 0 Å². The Bertz CT molecular complexity index is 786. The van der Waals surface area contributed by atoms with Gasteiger partial charge in [0.2, 0.25) is 5.91 Å². The van der Waals surface area contributed by atoms with Gasteiger partial charge in [0.1, 0.15) is 0 Å². The largest absolute Gasteiger partial charge is 0.326 e. The van der Waals surface area contributed by atoms with Crippen LogP contribution < -0.4 is 10.0 Å². The van der Waals surface area contributed by atoms with Crippen molar-refractivity contribution < 1.29 is 13.2 Å². The monoisotopic (exact) mass is 302 g/mol. The zero-order chi connectivity index (χ0) is 14.9. The molecule has 0 aromatic heterocycles. The Labute approximate surface area is 123 Å². The molecule has 108 valence electrons. The molecule has 5 nitrogen and oxygen atoms in total. The van der Waals surface area contributed by atoms with Crippen molar-refractivity contribution in [2.75, 3.05) is 10.0 Å². The van der Waals surface area contributed by atoms with E-state index >= 15 is 0 Å². The lowest BCUT2D eigenvalue weighted by Crippen LogP contribution is -2.19. The van der Waals surface area contributed by atoms with Gasteiger partial charge in [-0.05, 0) is 42.3 Å². The van der Waals surface area contributed by atoms with Crippen LogP contribution in [-0.2, 0) is 21.2 Å². The normalized spacial score (nSPS) is 14.2. The van der Waals surface area contributed by atoms with E-state index in [-0.39, 0.29) is 10.8 Å². The van der Waals surface area contributed by atoms with Gasteiger partial charge in [0.05, 0.1) is 4.90 Å². The first-order chi connectivity index (χ1) is 10.0. The zero-order valence-corrected chi connectivity index (χ0v) is 12.0. The Hall–Kier alpha value is -2.34. The summed E-state index contributed by atoms with van der Waals surface area (Å²) in [7, 11) is -3.59. The first-order valence-corrected chi connectivity index (χ1v) is 8.03. The number of carbonyl (C=O) groups excluding carboxylic acids is 1. The standard InChI is InChI=1S/C15H14N2O3S/c18-15-9-6-11-10-12(7-8-14(11)16-15)17-21(19,20)13-4-2-1-3-5-13/h1-5,7-8,10,17H,6,9H2,(H,16,18). The van der Waals surface area contributed by atoms with Crippen molar-refractivity contribution in [3.05, 3.63) is 54.1 Å². The van der Waals surface area contributed by atoms with E-state index in [4.69, 9.17) is 0 Å². The number of sulfonamides is 1. The summed E-state index contributed by atoms with van der Waals surface area (Å²) in [6.07, 6.45) is 1.03. The van der Waals surface area contributed by atoms with Crippen LogP contribution in [0, 0.1) is 0 Å². The summed E-state index contributed by atoms with van der Waals surface area (Å²) in [5.74, 6) is -0.0138. The second-order valence-electron chi connectivity index (χ2n) is 4.84. The quantitative estimate of drug-likeness (QED) is 0.914. The van der Waals surface area contributed by atoms with Gasteiger partial charge in [-0.25, -0.2) is 8.42 Å². The number of amides is 1. The van der Waals surface area contributed by atoms with Crippen molar-refractivity contribution in [3.8, 4) is 0 Å². The van der Waals surface area contributed by atoms with Crippen molar-refractivity contribution in [3.63, 3.8) is 0 Å². The van der Waals surface area contributed by atoms with Crippen LogP contribution in [0.15, 0.2) is 53.4 Å². The van der Waals surface area contributed by atoms with Crippen LogP contribution in [0.3, 0.4) is 0 Å². The molecular formula is C15H14N2O3S. The van der Waals surface area contributed by atoms with Gasteiger partial charge in [0.25, 0.3) is 10.0 Å². The minimum absolute atomic E-state index is 0.0138. The van der Waals surface area contributed by atoms with Crippen molar-refractivity contribution in [1.29, 1.82) is 0 Å². The SMILES string of the molecule is O=C1CCc2cc(NS(=O)(=O)c3ccccc3)ccc2N1. The molecule has 0 unspecified atom stereocenters. The van der Waals surface area contributed by atoms with Gasteiger partial charge in [-0.15, -0.1) is 0 Å². The van der Waals surface area contributed by atoms with E-state index in [1.165, 1.54) is 0 Å². The average molecular weight is 302 g/mol. The molecule has 1 aliphatic heterocycles. The molecular weight excluding hydrogens is 288 g/mol. The fraction of sp³-hybridized carbons (Fsp3) is 0.133. The fourth-order valence-corrected chi connectivity index (χ4v) is 3.33. The number of rotatable bonds is 3. The number of nitrogens with one attached hydrogen (secondary N) is 2. The molecule has 0 bridgehead atoms. The predicted molar refractivity (Wildman–Crippen MR) is 80.6 cm³/mol. The van der Waals surface area contributed by atoms with Crippen LogP contribution in [0.5, 0.6) is 0 Å². The van der Waals surface area contributed by atoms with Crippen molar-refractivity contribution in [2.45, 2.75) is 17.7 Å². The summed E-state index contributed by atoms with van der Waals surface area (Å²) >= 11 is 0. The summed E-state index contributed by atoms with van der Waals surface area (Å²) in [5.41, 5.74) is 2.17. The molecule has 21 heavy (non-hydrogen) atoms. The van der Waals surface area contributed by atoms with Crippen LogP contribution >= 0.6 is 0 Å². The highest BCUT2D eigenvalue weighted by atomic mass is 32.2. The van der Waals surface area contributed by atoms with Crippen LogP contribution in [0.2, 0.25) is 0 Å². The first kappa shape index (κ1) is 13.6. The molecule has 0 saturated carbocycles. The molecule has 1 aliphatic rings. The Morgan fingerprint density at radius 3 is 2.52 bits per heavy atom. The van der Waals surface area contributed by atoms with Gasteiger partial charge in [-0.2, -0.15) is 0 Å². The third-order valence-electron chi connectivity index (χ3n) is 3.31. The minimum Gasteiger partial charge on any atom is -0.326 e. The van der Waals surface area contributed by atoms with Crippen molar-refractivity contribution in [1.82, 2.24) is 0 Å². The molecule has 3 rings (SSSR count). The van der Waals surface area contributed by atoms with Crippen LogP contribution in [0.25, 0.3) is 0 Å². The Kier molecular flexibility index (Phi) is 3.39. The molecule has 0 spiro atoms. The Balaban J connectivity index is 1.88. The molecule has 1 amide bonds. The maximum absolute atomic E-state index is 12.2. The maximum Gasteiger partial charge on any atom is 0.261 e. The Morgan fingerprint density at radius 1 is 1.00 bits per heavy atom. The number of hydrogen-bond acceptors (Lipinski definition) is 3. The van der Waals surface area contributed by atoms with Crippen LogP contribution in [0.4, 0.5) is 11.4 Å². The number of carbonyl (C=O) groups is 1. The highest BCUT2D eigenvalue weighted by Crippen LogP contribution is 2.26. The van der Waals surface area contributed by atoms with E-state index in [1.807, 2.05) is 0 Å². The van der Waals surface area contributed by atoms with Gasteiger partial charge in [-0.1, -0.05) is 18.2 Å². The summed E-state index contributed by atoms with van der Waals surface area (Å²) in [4.78, 5) is 11.5. The van der Waals surface area contributed by atoms with E-state index in [9.17, 15) is 13.2 Å². The third-order valence-corrected chi connectivity index (χ3v) is 4.70. The van der Waals surface area contributed by atoms with Gasteiger partial charge < -0.3 is 5.32 Å². The molecule has 0 atom stereocenters. The van der Waals surface area contributed by atoms with E-state index in [1.54, 1.807) is 48.5 Å². The maximum atomic E-state index is 12.2. The number of aryl methyl sites for hydroxylation is 1. The summed E-state index contributed by atoms with van der Waals surface area (Å²) in [5, 5.41) is 2.77. The van der Waals surface area contributed by atoms with Gasteiger partial charge >= 0.3 is 0 Å². The molecule has 0 aliphatic carbocycles. The van der Waals surface area contributed by atoms with Gasteiger partial charge in [-0.3, -0.25) is 9.52 Å². The number of benzene rings is 2. The van der Waals surface area contributed by atoms with Gasteiger partial charge in [0, 0.05) is 17.8 Å². The third kappa shape index (κ3) is 2.90. The summed E-state index contributed by atoms with van der Waals surface area (Å²) in [6, 6.07) is 13.3. The number of hydrogen-bond donors (Lipinski definition) is 2. The van der Waals surface area contributed by atoms with Crippen LogP contribution in [0.1, 0.15) is 12.0 Å². The molecule has 2 aromatic carbocycles. The lowest BCUT2D eigenvalue weighted by Gasteiger charge is -2.18. The zero-order valence-electron chi connectivity index (χ0n) is 11.2. The fourth-order valence-electron chi connectivity index (χ4n) is 2.26. The Morgan fingerprint density at radius 2 is 1.76 bits per heavy atom. The lowest BCUT2D eigenvalue weighted by atomic mass is 10.0. The number of fused-ring (bicyclic) bond motifs is 1. The number of anilines is 2. The highest BCUT2D eigenvalue weighted by Gasteiger charge is 2.17. The van der Waals surface area contributed by atoms with Gasteiger partial charge in [0.15, 0.2) is 0 Å².